The molecule has 1 unspecified atom stereocenters. The molecule has 2 N–H and O–H groups in total. The standard InChI is InChI=1S/C24H29N3O3/c1-15-7-8-21(25-18(4)28)22(13-15)26-23(29)19-6-5-9-27(14-19)24(30)20-11-16(2)10-17(3)12-20/h7-8,10-13,19H,5-6,9,14H2,1-4H3,(H,25,28)(H,26,29). The van der Waals surface area contributed by atoms with E-state index in [1.807, 2.05) is 51.1 Å². The van der Waals surface area contributed by atoms with Crippen LogP contribution in [0.5, 0.6) is 0 Å². The van der Waals surface area contributed by atoms with E-state index >= 15 is 0 Å². The van der Waals surface area contributed by atoms with Crippen molar-refractivity contribution in [3.05, 3.63) is 58.7 Å². The number of piperidine rings is 1. The summed E-state index contributed by atoms with van der Waals surface area (Å²) in [6.07, 6.45) is 1.50. The second-order valence-corrected chi connectivity index (χ2v) is 8.19. The predicted molar refractivity (Wildman–Crippen MR) is 119 cm³/mol. The summed E-state index contributed by atoms with van der Waals surface area (Å²) in [5.74, 6) is -0.657. The molecule has 6 heteroatoms. The third kappa shape index (κ3) is 5.26. The van der Waals surface area contributed by atoms with Crippen LogP contribution in [0.2, 0.25) is 0 Å². The lowest BCUT2D eigenvalue weighted by molar-refractivity contribution is -0.121. The van der Waals surface area contributed by atoms with Crippen LogP contribution in [0.4, 0.5) is 11.4 Å². The van der Waals surface area contributed by atoms with Crippen LogP contribution in [-0.4, -0.2) is 35.7 Å². The molecule has 1 saturated heterocycles. The number of carbonyl (C=O) groups is 3. The van der Waals surface area contributed by atoms with Crippen molar-refractivity contribution in [2.24, 2.45) is 5.92 Å². The molecular formula is C24H29N3O3. The van der Waals surface area contributed by atoms with Crippen LogP contribution in [0.15, 0.2) is 36.4 Å². The molecule has 1 heterocycles. The van der Waals surface area contributed by atoms with Crippen LogP contribution in [0.3, 0.4) is 0 Å². The monoisotopic (exact) mass is 407 g/mol. The van der Waals surface area contributed by atoms with Gasteiger partial charge in [0.1, 0.15) is 0 Å². The lowest BCUT2D eigenvalue weighted by Crippen LogP contribution is -2.43. The van der Waals surface area contributed by atoms with Crippen molar-refractivity contribution in [3.8, 4) is 0 Å². The number of aryl methyl sites for hydroxylation is 3. The van der Waals surface area contributed by atoms with Crippen LogP contribution >= 0.6 is 0 Å². The second kappa shape index (κ2) is 9.11. The van der Waals surface area contributed by atoms with Gasteiger partial charge >= 0.3 is 0 Å². The maximum atomic E-state index is 13.0. The molecule has 6 nitrogen and oxygen atoms in total. The third-order valence-electron chi connectivity index (χ3n) is 5.29. The molecule has 1 aliphatic rings. The molecule has 2 aromatic carbocycles. The van der Waals surface area contributed by atoms with Crippen LogP contribution in [0.25, 0.3) is 0 Å². The first kappa shape index (κ1) is 21.6. The Balaban J connectivity index is 1.72. The number of hydrogen-bond donors (Lipinski definition) is 2. The Kier molecular flexibility index (Phi) is 6.55. The zero-order valence-electron chi connectivity index (χ0n) is 18.0. The number of anilines is 2. The molecule has 0 bridgehead atoms. The lowest BCUT2D eigenvalue weighted by Gasteiger charge is -2.32. The van der Waals surface area contributed by atoms with E-state index < -0.39 is 0 Å². The van der Waals surface area contributed by atoms with E-state index in [1.54, 1.807) is 11.0 Å². The molecule has 0 saturated carbocycles. The van der Waals surface area contributed by atoms with E-state index in [0.717, 1.165) is 29.5 Å². The summed E-state index contributed by atoms with van der Waals surface area (Å²) < 4.78 is 0. The summed E-state index contributed by atoms with van der Waals surface area (Å²) in [6.45, 7) is 8.35. The van der Waals surface area contributed by atoms with Crippen molar-refractivity contribution < 1.29 is 14.4 Å². The quantitative estimate of drug-likeness (QED) is 0.802. The minimum Gasteiger partial charge on any atom is -0.338 e. The number of nitrogens with one attached hydrogen (secondary N) is 2. The van der Waals surface area contributed by atoms with Crippen LogP contribution in [-0.2, 0) is 9.59 Å². The minimum atomic E-state index is -0.292. The number of hydrogen-bond acceptors (Lipinski definition) is 3. The molecule has 3 rings (SSSR count). The highest BCUT2D eigenvalue weighted by molar-refractivity contribution is 6.00. The van der Waals surface area contributed by atoms with Crippen molar-refractivity contribution in [2.75, 3.05) is 23.7 Å². The fraction of sp³-hybridized carbons (Fsp3) is 0.375. The van der Waals surface area contributed by atoms with Crippen molar-refractivity contribution in [1.29, 1.82) is 0 Å². The summed E-state index contributed by atoms with van der Waals surface area (Å²) in [4.78, 5) is 39.2. The fourth-order valence-electron chi connectivity index (χ4n) is 3.95. The van der Waals surface area contributed by atoms with Gasteiger partial charge in [-0.3, -0.25) is 14.4 Å². The Morgan fingerprint density at radius 1 is 0.900 bits per heavy atom. The van der Waals surface area contributed by atoms with Crippen LogP contribution in [0, 0.1) is 26.7 Å². The maximum absolute atomic E-state index is 13.0. The molecule has 0 aromatic heterocycles. The molecule has 1 atom stereocenters. The van der Waals surface area contributed by atoms with E-state index in [-0.39, 0.29) is 23.6 Å². The molecule has 30 heavy (non-hydrogen) atoms. The smallest absolute Gasteiger partial charge is 0.253 e. The number of amides is 3. The Morgan fingerprint density at radius 3 is 2.27 bits per heavy atom. The number of carbonyl (C=O) groups excluding carboxylic acids is 3. The summed E-state index contributed by atoms with van der Waals surface area (Å²) in [5.41, 5.74) is 4.90. The highest BCUT2D eigenvalue weighted by Crippen LogP contribution is 2.26. The molecule has 1 fully saturated rings. The number of rotatable bonds is 4. The number of nitrogens with zero attached hydrogens (tertiary/aromatic N) is 1. The van der Waals surface area contributed by atoms with Gasteiger partial charge in [-0.1, -0.05) is 23.3 Å². The van der Waals surface area contributed by atoms with Crippen LogP contribution in [0.1, 0.15) is 46.8 Å². The van der Waals surface area contributed by atoms with Gasteiger partial charge in [0.15, 0.2) is 0 Å². The SMILES string of the molecule is CC(=O)Nc1ccc(C)cc1NC(=O)C1CCCN(C(=O)c2cc(C)cc(C)c2)C1. The summed E-state index contributed by atoms with van der Waals surface area (Å²) in [7, 11) is 0. The van der Waals surface area contributed by atoms with Gasteiger partial charge in [0, 0.05) is 25.6 Å². The topological polar surface area (TPSA) is 78.5 Å². The predicted octanol–water partition coefficient (Wildman–Crippen LogP) is 4.06. The molecule has 0 radical (unpaired) electrons. The lowest BCUT2D eigenvalue weighted by atomic mass is 9.96. The molecule has 0 spiro atoms. The zero-order valence-corrected chi connectivity index (χ0v) is 18.0. The Bertz CT molecular complexity index is 963. The normalized spacial score (nSPS) is 16.1. The average molecular weight is 408 g/mol. The van der Waals surface area contributed by atoms with E-state index in [0.29, 0.717) is 30.0 Å². The van der Waals surface area contributed by atoms with Gasteiger partial charge in [-0.25, -0.2) is 0 Å². The molecule has 1 aliphatic heterocycles. The van der Waals surface area contributed by atoms with E-state index in [4.69, 9.17) is 0 Å². The largest absolute Gasteiger partial charge is 0.338 e. The van der Waals surface area contributed by atoms with E-state index in [2.05, 4.69) is 10.6 Å². The molecule has 0 aliphatic carbocycles. The highest BCUT2D eigenvalue weighted by atomic mass is 16.2. The van der Waals surface area contributed by atoms with Gasteiger partial charge in [-0.05, 0) is 63.4 Å². The first-order valence-electron chi connectivity index (χ1n) is 10.3. The zero-order chi connectivity index (χ0) is 21.8. The maximum Gasteiger partial charge on any atom is 0.253 e. The van der Waals surface area contributed by atoms with Crippen molar-refractivity contribution >= 4 is 29.1 Å². The van der Waals surface area contributed by atoms with Gasteiger partial charge in [0.05, 0.1) is 17.3 Å². The second-order valence-electron chi connectivity index (χ2n) is 8.19. The van der Waals surface area contributed by atoms with Gasteiger partial charge in [0.25, 0.3) is 5.91 Å². The van der Waals surface area contributed by atoms with Crippen LogP contribution < -0.4 is 10.6 Å². The molecular weight excluding hydrogens is 378 g/mol. The Labute approximate surface area is 177 Å². The van der Waals surface area contributed by atoms with Crippen molar-refractivity contribution in [1.82, 2.24) is 4.90 Å². The fourth-order valence-corrected chi connectivity index (χ4v) is 3.95. The molecule has 3 amide bonds. The highest BCUT2D eigenvalue weighted by Gasteiger charge is 2.29. The number of benzene rings is 2. The van der Waals surface area contributed by atoms with Crippen molar-refractivity contribution in [3.63, 3.8) is 0 Å². The van der Waals surface area contributed by atoms with E-state index in [1.165, 1.54) is 6.92 Å². The number of likely N-dealkylation sites (tertiary alicyclic amines) is 1. The average Bonchev–Trinajstić information content (AvgIpc) is 2.68. The Hall–Kier alpha value is -3.15. The van der Waals surface area contributed by atoms with Gasteiger partial charge in [-0.2, -0.15) is 0 Å². The first-order chi connectivity index (χ1) is 14.2. The molecule has 2 aromatic rings. The summed E-state index contributed by atoms with van der Waals surface area (Å²) >= 11 is 0. The van der Waals surface area contributed by atoms with Gasteiger partial charge in [-0.15, -0.1) is 0 Å². The van der Waals surface area contributed by atoms with E-state index in [9.17, 15) is 14.4 Å². The van der Waals surface area contributed by atoms with Gasteiger partial charge < -0.3 is 15.5 Å². The Morgan fingerprint density at radius 2 is 1.60 bits per heavy atom. The summed E-state index contributed by atoms with van der Waals surface area (Å²) in [5, 5.41) is 5.70. The molecule has 158 valence electrons. The third-order valence-corrected chi connectivity index (χ3v) is 5.29. The first-order valence-corrected chi connectivity index (χ1v) is 10.3. The minimum absolute atomic E-state index is 0.0335. The summed E-state index contributed by atoms with van der Waals surface area (Å²) in [6, 6.07) is 11.3. The van der Waals surface area contributed by atoms with Gasteiger partial charge in [0.2, 0.25) is 11.8 Å². The van der Waals surface area contributed by atoms with Crippen molar-refractivity contribution in [2.45, 2.75) is 40.5 Å².